The summed E-state index contributed by atoms with van der Waals surface area (Å²) < 4.78 is 1.39. The van der Waals surface area contributed by atoms with Crippen LogP contribution in [0.3, 0.4) is 0 Å². The van der Waals surface area contributed by atoms with Crippen molar-refractivity contribution in [2.24, 2.45) is 5.92 Å². The standard InChI is InChI=1S/C13H22N4O/c1-13(2,3)10-8-11(14)17(16-10)12(18)9-4-6-15-7-5-9/h8-9,15H,4-7,14H2,1-3H3. The number of nitrogens with zero attached hydrogens (tertiary/aromatic N) is 2. The van der Waals surface area contributed by atoms with E-state index < -0.39 is 0 Å². The van der Waals surface area contributed by atoms with Gasteiger partial charge in [-0.1, -0.05) is 20.8 Å². The quantitative estimate of drug-likeness (QED) is 0.790. The molecular formula is C13H22N4O. The van der Waals surface area contributed by atoms with E-state index in [1.807, 2.05) is 0 Å². The first-order chi connectivity index (χ1) is 8.39. The molecular weight excluding hydrogens is 228 g/mol. The summed E-state index contributed by atoms with van der Waals surface area (Å²) in [5.41, 5.74) is 6.68. The minimum Gasteiger partial charge on any atom is -0.383 e. The zero-order chi connectivity index (χ0) is 13.3. The van der Waals surface area contributed by atoms with Crippen molar-refractivity contribution < 1.29 is 4.79 Å². The highest BCUT2D eigenvalue weighted by Gasteiger charge is 2.26. The molecule has 5 heteroatoms. The van der Waals surface area contributed by atoms with E-state index in [1.54, 1.807) is 6.07 Å². The third kappa shape index (κ3) is 2.56. The second-order valence-electron chi connectivity index (χ2n) is 5.98. The Bertz CT molecular complexity index is 438. The molecule has 1 aromatic heterocycles. The average molecular weight is 250 g/mol. The van der Waals surface area contributed by atoms with E-state index in [4.69, 9.17) is 5.73 Å². The Balaban J connectivity index is 2.22. The monoisotopic (exact) mass is 250 g/mol. The normalized spacial score (nSPS) is 17.9. The molecule has 0 spiro atoms. The van der Waals surface area contributed by atoms with Crippen LogP contribution in [0.25, 0.3) is 0 Å². The lowest BCUT2D eigenvalue weighted by atomic mass is 9.92. The summed E-state index contributed by atoms with van der Waals surface area (Å²) >= 11 is 0. The molecule has 0 amide bonds. The second-order valence-corrected chi connectivity index (χ2v) is 5.98. The summed E-state index contributed by atoms with van der Waals surface area (Å²) in [5, 5.41) is 7.63. The molecule has 0 aromatic carbocycles. The third-order valence-corrected chi connectivity index (χ3v) is 3.40. The van der Waals surface area contributed by atoms with Crippen molar-refractivity contribution in [2.75, 3.05) is 18.8 Å². The molecule has 1 aromatic rings. The average Bonchev–Trinajstić information content (AvgIpc) is 2.71. The fourth-order valence-corrected chi connectivity index (χ4v) is 2.18. The van der Waals surface area contributed by atoms with Gasteiger partial charge in [0.2, 0.25) is 0 Å². The Morgan fingerprint density at radius 2 is 2.06 bits per heavy atom. The Morgan fingerprint density at radius 3 is 2.56 bits per heavy atom. The van der Waals surface area contributed by atoms with Gasteiger partial charge in [0, 0.05) is 17.4 Å². The number of anilines is 1. The van der Waals surface area contributed by atoms with Crippen LogP contribution >= 0.6 is 0 Å². The van der Waals surface area contributed by atoms with Crippen molar-refractivity contribution in [1.29, 1.82) is 0 Å². The molecule has 0 radical (unpaired) electrons. The molecule has 0 atom stereocenters. The fourth-order valence-electron chi connectivity index (χ4n) is 2.18. The molecule has 0 aliphatic carbocycles. The number of nitrogen functional groups attached to an aromatic ring is 1. The van der Waals surface area contributed by atoms with E-state index >= 15 is 0 Å². The van der Waals surface area contributed by atoms with E-state index in [-0.39, 0.29) is 17.2 Å². The second kappa shape index (κ2) is 4.72. The number of nitrogens with two attached hydrogens (primary N) is 1. The molecule has 100 valence electrons. The van der Waals surface area contributed by atoms with Crippen LogP contribution in [0, 0.1) is 5.92 Å². The van der Waals surface area contributed by atoms with Gasteiger partial charge in [0.15, 0.2) is 0 Å². The first-order valence-electron chi connectivity index (χ1n) is 6.50. The van der Waals surface area contributed by atoms with Crippen LogP contribution in [0.1, 0.15) is 44.1 Å². The number of nitrogens with one attached hydrogen (secondary N) is 1. The molecule has 1 aliphatic rings. The maximum atomic E-state index is 12.4. The lowest BCUT2D eigenvalue weighted by molar-refractivity contribution is 0.0792. The van der Waals surface area contributed by atoms with Gasteiger partial charge in [-0.25, -0.2) is 0 Å². The predicted octanol–water partition coefficient (Wildman–Crippen LogP) is 1.40. The molecule has 0 bridgehead atoms. The van der Waals surface area contributed by atoms with Gasteiger partial charge >= 0.3 is 0 Å². The van der Waals surface area contributed by atoms with Crippen LogP contribution in [-0.4, -0.2) is 28.8 Å². The Labute approximate surface area is 108 Å². The number of carbonyl (C=O) groups excluding carboxylic acids is 1. The van der Waals surface area contributed by atoms with Gasteiger partial charge in [-0.05, 0) is 25.9 Å². The fraction of sp³-hybridized carbons (Fsp3) is 0.692. The zero-order valence-corrected chi connectivity index (χ0v) is 11.4. The first-order valence-corrected chi connectivity index (χ1v) is 6.50. The lowest BCUT2D eigenvalue weighted by Crippen LogP contribution is -2.35. The molecule has 0 unspecified atom stereocenters. The Morgan fingerprint density at radius 1 is 1.44 bits per heavy atom. The number of piperidine rings is 1. The smallest absolute Gasteiger partial charge is 0.251 e. The van der Waals surface area contributed by atoms with Crippen molar-refractivity contribution in [2.45, 2.75) is 39.0 Å². The van der Waals surface area contributed by atoms with E-state index in [0.29, 0.717) is 5.82 Å². The summed E-state index contributed by atoms with van der Waals surface area (Å²) in [5.74, 6) is 0.522. The van der Waals surface area contributed by atoms with Crippen molar-refractivity contribution in [3.8, 4) is 0 Å². The maximum absolute atomic E-state index is 12.4. The van der Waals surface area contributed by atoms with Crippen molar-refractivity contribution in [3.05, 3.63) is 11.8 Å². The van der Waals surface area contributed by atoms with Crippen molar-refractivity contribution >= 4 is 11.7 Å². The van der Waals surface area contributed by atoms with Crippen molar-refractivity contribution in [3.63, 3.8) is 0 Å². The van der Waals surface area contributed by atoms with Crippen LogP contribution in [0.5, 0.6) is 0 Å². The number of hydrogen-bond donors (Lipinski definition) is 2. The van der Waals surface area contributed by atoms with E-state index in [1.165, 1.54) is 4.68 Å². The molecule has 1 aliphatic heterocycles. The first kappa shape index (κ1) is 13.1. The van der Waals surface area contributed by atoms with Gasteiger partial charge in [-0.3, -0.25) is 4.79 Å². The number of carbonyl (C=O) groups is 1. The lowest BCUT2D eigenvalue weighted by Gasteiger charge is -2.21. The summed E-state index contributed by atoms with van der Waals surface area (Å²) in [4.78, 5) is 12.4. The Hall–Kier alpha value is -1.36. The maximum Gasteiger partial charge on any atom is 0.251 e. The number of aromatic nitrogens is 2. The van der Waals surface area contributed by atoms with Gasteiger partial charge in [0.05, 0.1) is 5.69 Å². The molecule has 1 fully saturated rings. The van der Waals surface area contributed by atoms with Gasteiger partial charge in [-0.2, -0.15) is 9.78 Å². The van der Waals surface area contributed by atoms with Gasteiger partial charge < -0.3 is 11.1 Å². The number of rotatable bonds is 1. The van der Waals surface area contributed by atoms with Gasteiger partial charge in [-0.15, -0.1) is 0 Å². The molecule has 1 saturated heterocycles. The van der Waals surface area contributed by atoms with Crippen LogP contribution < -0.4 is 11.1 Å². The van der Waals surface area contributed by atoms with Crippen LogP contribution in [0.15, 0.2) is 6.07 Å². The largest absolute Gasteiger partial charge is 0.383 e. The summed E-state index contributed by atoms with van der Waals surface area (Å²) in [6.07, 6.45) is 1.73. The third-order valence-electron chi connectivity index (χ3n) is 3.40. The summed E-state index contributed by atoms with van der Waals surface area (Å²) in [6.45, 7) is 7.98. The van der Waals surface area contributed by atoms with Crippen LogP contribution in [0.4, 0.5) is 5.82 Å². The van der Waals surface area contributed by atoms with E-state index in [0.717, 1.165) is 31.6 Å². The van der Waals surface area contributed by atoms with Crippen LogP contribution in [-0.2, 0) is 5.41 Å². The predicted molar refractivity (Wildman–Crippen MR) is 71.6 cm³/mol. The summed E-state index contributed by atoms with van der Waals surface area (Å²) in [6, 6.07) is 1.80. The van der Waals surface area contributed by atoms with Crippen molar-refractivity contribution in [1.82, 2.24) is 15.1 Å². The molecule has 2 heterocycles. The molecule has 18 heavy (non-hydrogen) atoms. The molecule has 5 nitrogen and oxygen atoms in total. The highest BCUT2D eigenvalue weighted by molar-refractivity contribution is 5.83. The number of hydrogen-bond acceptors (Lipinski definition) is 4. The zero-order valence-electron chi connectivity index (χ0n) is 11.4. The minimum atomic E-state index is -0.0895. The highest BCUT2D eigenvalue weighted by Crippen LogP contribution is 2.24. The minimum absolute atomic E-state index is 0.0319. The Kier molecular flexibility index (Phi) is 3.43. The topological polar surface area (TPSA) is 72.9 Å². The summed E-state index contributed by atoms with van der Waals surface area (Å²) in [7, 11) is 0. The van der Waals surface area contributed by atoms with Gasteiger partial charge in [0.25, 0.3) is 5.91 Å². The van der Waals surface area contributed by atoms with E-state index in [2.05, 4.69) is 31.2 Å². The van der Waals surface area contributed by atoms with Crippen LogP contribution in [0.2, 0.25) is 0 Å². The van der Waals surface area contributed by atoms with Gasteiger partial charge in [0.1, 0.15) is 5.82 Å². The molecule has 2 rings (SSSR count). The molecule has 3 N–H and O–H groups in total. The van der Waals surface area contributed by atoms with E-state index in [9.17, 15) is 4.79 Å². The molecule has 0 saturated carbocycles. The highest BCUT2D eigenvalue weighted by atomic mass is 16.2. The SMILES string of the molecule is CC(C)(C)c1cc(N)n(C(=O)C2CCNCC2)n1.